The number of hydrogen-bond acceptors (Lipinski definition) is 5. The quantitative estimate of drug-likeness (QED) is 0.561. The monoisotopic (exact) mass is 373 g/mol. The number of pyridine rings is 2. The van der Waals surface area contributed by atoms with E-state index in [2.05, 4.69) is 27.5 Å². The Hall–Kier alpha value is -2.99. The number of aromatic nitrogens is 4. The van der Waals surface area contributed by atoms with Crippen LogP contribution in [0.15, 0.2) is 36.7 Å². The second-order valence-corrected chi connectivity index (χ2v) is 7.66. The molecule has 0 bridgehead atoms. The zero-order chi connectivity index (χ0) is 19.3. The van der Waals surface area contributed by atoms with Crippen LogP contribution in [0, 0.1) is 6.92 Å². The third-order valence-electron chi connectivity index (χ3n) is 5.75. The molecule has 0 saturated carbocycles. The molecule has 3 aromatic heterocycles. The molecule has 2 N–H and O–H groups in total. The fraction of sp³-hybridized carbons (Fsp3) is 0.318. The smallest absolute Gasteiger partial charge is 0.130 e. The van der Waals surface area contributed by atoms with E-state index in [-0.39, 0.29) is 5.75 Å². The van der Waals surface area contributed by atoms with Gasteiger partial charge in [0.15, 0.2) is 0 Å². The first-order valence-electron chi connectivity index (χ1n) is 9.74. The first-order valence-corrected chi connectivity index (χ1v) is 9.74. The van der Waals surface area contributed by atoms with Crippen LogP contribution in [0.5, 0.6) is 5.75 Å². The van der Waals surface area contributed by atoms with E-state index in [4.69, 9.17) is 4.98 Å². The Morgan fingerprint density at radius 1 is 1.14 bits per heavy atom. The molecule has 4 heterocycles. The van der Waals surface area contributed by atoms with Crippen molar-refractivity contribution in [2.45, 2.75) is 25.7 Å². The maximum absolute atomic E-state index is 10.7. The predicted molar refractivity (Wildman–Crippen MR) is 110 cm³/mol. The van der Waals surface area contributed by atoms with E-state index in [1.54, 1.807) is 4.68 Å². The van der Waals surface area contributed by atoms with Gasteiger partial charge in [-0.15, -0.1) is 0 Å². The summed E-state index contributed by atoms with van der Waals surface area (Å²) in [6.07, 6.45) is 6.03. The minimum atomic E-state index is 0.234. The van der Waals surface area contributed by atoms with Crippen molar-refractivity contribution in [2.75, 3.05) is 13.1 Å². The topological polar surface area (TPSA) is 75.9 Å². The number of rotatable bonds is 2. The molecule has 1 saturated heterocycles. The van der Waals surface area contributed by atoms with E-state index in [9.17, 15) is 5.11 Å². The predicted octanol–water partition coefficient (Wildman–Crippen LogP) is 3.66. The number of hydrogen-bond donors (Lipinski definition) is 2. The lowest BCUT2D eigenvalue weighted by Crippen LogP contribution is -2.27. The van der Waals surface area contributed by atoms with Gasteiger partial charge in [0.25, 0.3) is 0 Å². The molecule has 0 amide bonds. The zero-order valence-corrected chi connectivity index (χ0v) is 16.1. The minimum absolute atomic E-state index is 0.234. The van der Waals surface area contributed by atoms with Gasteiger partial charge in [-0.2, -0.15) is 5.10 Å². The van der Waals surface area contributed by atoms with Gasteiger partial charge in [0, 0.05) is 46.8 Å². The number of aryl methyl sites for hydroxylation is 2. The molecular weight excluding hydrogens is 350 g/mol. The lowest BCUT2D eigenvalue weighted by atomic mass is 9.94. The number of aromatic hydroxyl groups is 1. The van der Waals surface area contributed by atoms with Crippen LogP contribution in [0.25, 0.3) is 33.1 Å². The van der Waals surface area contributed by atoms with E-state index in [1.807, 2.05) is 38.5 Å². The molecule has 28 heavy (non-hydrogen) atoms. The van der Waals surface area contributed by atoms with Gasteiger partial charge in [-0.05, 0) is 51.1 Å². The lowest BCUT2D eigenvalue weighted by molar-refractivity contribution is 0.454. The van der Waals surface area contributed by atoms with Crippen LogP contribution in [-0.4, -0.2) is 37.9 Å². The Balaban J connectivity index is 1.58. The molecule has 1 aromatic carbocycles. The number of benzene rings is 1. The molecule has 5 rings (SSSR count). The molecule has 6 heteroatoms. The average Bonchev–Trinajstić information content (AvgIpc) is 3.11. The Labute approximate surface area is 163 Å². The molecule has 1 aliphatic rings. The summed E-state index contributed by atoms with van der Waals surface area (Å²) < 4.78 is 1.76. The Morgan fingerprint density at radius 2 is 1.96 bits per heavy atom. The molecular formula is C22H23N5O. The molecule has 0 aliphatic carbocycles. The third-order valence-corrected chi connectivity index (χ3v) is 5.75. The standard InChI is InChI=1S/C22H23N5O/c1-13-21-16(12-27(2)26-21)9-17(22(13)28)19-10-15-3-4-18(25-20(15)11-24-19)14-5-7-23-8-6-14/h3-4,9-12,14,23,28H,5-8H2,1-2H3. The highest BCUT2D eigenvalue weighted by Crippen LogP contribution is 2.36. The summed E-state index contributed by atoms with van der Waals surface area (Å²) in [6.45, 7) is 4.00. The van der Waals surface area contributed by atoms with Crippen LogP contribution in [0.3, 0.4) is 0 Å². The van der Waals surface area contributed by atoms with Crippen molar-refractivity contribution in [2.24, 2.45) is 7.05 Å². The first-order chi connectivity index (χ1) is 13.6. The molecule has 0 radical (unpaired) electrons. The first kappa shape index (κ1) is 17.1. The fourth-order valence-corrected chi connectivity index (χ4v) is 4.17. The number of piperidine rings is 1. The average molecular weight is 373 g/mol. The zero-order valence-electron chi connectivity index (χ0n) is 16.1. The summed E-state index contributed by atoms with van der Waals surface area (Å²) in [5.74, 6) is 0.752. The molecule has 6 nitrogen and oxygen atoms in total. The summed E-state index contributed by atoms with van der Waals surface area (Å²) in [7, 11) is 1.88. The van der Waals surface area contributed by atoms with E-state index in [0.29, 0.717) is 5.92 Å². The second kappa shape index (κ2) is 6.56. The SMILES string of the molecule is Cc1c(O)c(-c2cc3ccc(C4CCNCC4)nc3cn2)cc2cn(C)nc12. The number of fused-ring (bicyclic) bond motifs is 2. The molecule has 1 fully saturated rings. The highest BCUT2D eigenvalue weighted by atomic mass is 16.3. The molecule has 0 unspecified atom stereocenters. The van der Waals surface area contributed by atoms with Crippen LogP contribution in [0.4, 0.5) is 0 Å². The van der Waals surface area contributed by atoms with Crippen LogP contribution in [0.2, 0.25) is 0 Å². The van der Waals surface area contributed by atoms with Gasteiger partial charge in [0.1, 0.15) is 5.75 Å². The van der Waals surface area contributed by atoms with E-state index in [0.717, 1.165) is 70.3 Å². The van der Waals surface area contributed by atoms with Gasteiger partial charge in [-0.25, -0.2) is 0 Å². The van der Waals surface area contributed by atoms with Crippen molar-refractivity contribution in [1.82, 2.24) is 25.1 Å². The van der Waals surface area contributed by atoms with Gasteiger partial charge in [-0.1, -0.05) is 6.07 Å². The van der Waals surface area contributed by atoms with Crippen LogP contribution in [0.1, 0.15) is 30.0 Å². The Kier molecular flexibility index (Phi) is 4.02. The van der Waals surface area contributed by atoms with Gasteiger partial charge in [-0.3, -0.25) is 14.6 Å². The van der Waals surface area contributed by atoms with Crippen LogP contribution >= 0.6 is 0 Å². The van der Waals surface area contributed by atoms with Crippen molar-refractivity contribution < 1.29 is 5.11 Å². The van der Waals surface area contributed by atoms with Crippen LogP contribution < -0.4 is 5.32 Å². The highest BCUT2D eigenvalue weighted by molar-refractivity contribution is 5.92. The van der Waals surface area contributed by atoms with Gasteiger partial charge < -0.3 is 10.4 Å². The number of nitrogens with one attached hydrogen (secondary N) is 1. The molecule has 1 aliphatic heterocycles. The molecule has 0 spiro atoms. The Bertz CT molecular complexity index is 1190. The largest absolute Gasteiger partial charge is 0.507 e. The maximum atomic E-state index is 10.7. The van der Waals surface area contributed by atoms with E-state index in [1.165, 1.54) is 0 Å². The second-order valence-electron chi connectivity index (χ2n) is 7.66. The third kappa shape index (κ3) is 2.81. The van der Waals surface area contributed by atoms with E-state index < -0.39 is 0 Å². The summed E-state index contributed by atoms with van der Waals surface area (Å²) in [5.41, 5.74) is 5.11. The molecule has 4 aromatic rings. The number of phenols is 1. The van der Waals surface area contributed by atoms with Crippen molar-refractivity contribution >= 4 is 21.8 Å². The van der Waals surface area contributed by atoms with Gasteiger partial charge in [0.2, 0.25) is 0 Å². The van der Waals surface area contributed by atoms with Crippen molar-refractivity contribution in [3.05, 3.63) is 47.9 Å². The maximum Gasteiger partial charge on any atom is 0.130 e. The van der Waals surface area contributed by atoms with Crippen molar-refractivity contribution in [3.8, 4) is 17.0 Å². The van der Waals surface area contributed by atoms with Gasteiger partial charge >= 0.3 is 0 Å². The summed E-state index contributed by atoms with van der Waals surface area (Å²) in [4.78, 5) is 9.48. The molecule has 0 atom stereocenters. The number of nitrogens with zero attached hydrogens (tertiary/aromatic N) is 4. The normalized spacial score (nSPS) is 15.5. The van der Waals surface area contributed by atoms with Gasteiger partial charge in [0.05, 0.1) is 22.9 Å². The van der Waals surface area contributed by atoms with Crippen LogP contribution in [-0.2, 0) is 7.05 Å². The molecule has 142 valence electrons. The fourth-order valence-electron chi connectivity index (χ4n) is 4.17. The summed E-state index contributed by atoms with van der Waals surface area (Å²) >= 11 is 0. The summed E-state index contributed by atoms with van der Waals surface area (Å²) in [6, 6.07) is 8.22. The summed E-state index contributed by atoms with van der Waals surface area (Å²) in [5, 5.41) is 20.6. The lowest BCUT2D eigenvalue weighted by Gasteiger charge is -2.22. The minimum Gasteiger partial charge on any atom is -0.507 e. The van der Waals surface area contributed by atoms with E-state index >= 15 is 0 Å². The number of phenolic OH excluding ortho intramolecular Hbond substituents is 1. The highest BCUT2D eigenvalue weighted by Gasteiger charge is 2.18. The Morgan fingerprint density at radius 3 is 2.79 bits per heavy atom. The van der Waals surface area contributed by atoms with Crippen molar-refractivity contribution in [1.29, 1.82) is 0 Å². The van der Waals surface area contributed by atoms with Crippen molar-refractivity contribution in [3.63, 3.8) is 0 Å².